The molecule has 178 valence electrons. The molecule has 9 heteroatoms. The first-order valence-electron chi connectivity index (χ1n) is 10.9. The minimum Gasteiger partial charge on any atom is -0.462 e. The highest BCUT2D eigenvalue weighted by molar-refractivity contribution is 9.10. The van der Waals surface area contributed by atoms with Crippen LogP contribution in [0.1, 0.15) is 59.2 Å². The summed E-state index contributed by atoms with van der Waals surface area (Å²) in [5.74, 6) is -0.143. The predicted octanol–water partition coefficient (Wildman–Crippen LogP) is 5.20. The van der Waals surface area contributed by atoms with Gasteiger partial charge in [0, 0.05) is 43.3 Å². The normalized spacial score (nSPS) is 10.9. The molecule has 3 rings (SSSR count). The van der Waals surface area contributed by atoms with Gasteiger partial charge in [0.25, 0.3) is 5.03 Å². The van der Waals surface area contributed by atoms with Gasteiger partial charge in [-0.3, -0.25) is 4.79 Å². The highest BCUT2D eigenvalue weighted by atomic mass is 79.9. The third-order valence-corrected chi connectivity index (χ3v) is 7.37. The monoisotopic (exact) mass is 544 g/mol. The molecule has 1 aromatic carbocycles. The quantitative estimate of drug-likeness (QED) is 0.230. The van der Waals surface area contributed by atoms with Gasteiger partial charge in [0.15, 0.2) is 5.69 Å². The number of nitrogens with one attached hydrogen (secondary N) is 1. The molecule has 0 amide bonds. The molecule has 0 radical (unpaired) electrons. The summed E-state index contributed by atoms with van der Waals surface area (Å²) in [5.41, 5.74) is 5.71. The number of nitriles is 1. The topological polar surface area (TPSA) is 95.5 Å². The number of halogens is 1. The Balaban J connectivity index is 2.15. The first kappa shape index (κ1) is 25.8. The number of pyridine rings is 1. The van der Waals surface area contributed by atoms with E-state index in [4.69, 9.17) is 9.47 Å². The zero-order chi connectivity index (χ0) is 25.2. The molecule has 0 fully saturated rings. The Bertz CT molecular complexity index is 1340. The molecular formula is C25H27BrN3O4S+. The SMILES string of the molecule is CCOC(=O)c1c(CSc2[nH+]c(C)c(CC)c(C)c2C#N)n(C)c2cc(Br)c(OC(C)=O)cc12. The number of hydrogen-bond acceptors (Lipinski definition) is 6. The van der Waals surface area contributed by atoms with E-state index < -0.39 is 11.9 Å². The van der Waals surface area contributed by atoms with Crippen molar-refractivity contribution in [2.24, 2.45) is 7.05 Å². The Labute approximate surface area is 211 Å². The van der Waals surface area contributed by atoms with E-state index >= 15 is 0 Å². The number of rotatable bonds is 7. The van der Waals surface area contributed by atoms with Gasteiger partial charge in [-0.2, -0.15) is 5.26 Å². The number of aryl methyl sites for hydroxylation is 2. The van der Waals surface area contributed by atoms with E-state index in [1.165, 1.54) is 18.7 Å². The number of carbonyl (C=O) groups is 2. The minimum atomic E-state index is -0.453. The molecular weight excluding hydrogens is 518 g/mol. The van der Waals surface area contributed by atoms with Gasteiger partial charge in [-0.15, -0.1) is 0 Å². The molecule has 0 aliphatic carbocycles. The smallest absolute Gasteiger partial charge is 0.340 e. The second-order valence-corrected chi connectivity index (χ2v) is 9.65. The van der Waals surface area contributed by atoms with Gasteiger partial charge in [0.05, 0.1) is 22.2 Å². The van der Waals surface area contributed by atoms with Gasteiger partial charge in [0.2, 0.25) is 0 Å². The van der Waals surface area contributed by atoms with Crippen LogP contribution in [-0.2, 0) is 28.8 Å². The maximum Gasteiger partial charge on any atom is 0.340 e. The second-order valence-electron chi connectivity index (χ2n) is 7.81. The number of ether oxygens (including phenoxy) is 2. The van der Waals surface area contributed by atoms with Gasteiger partial charge < -0.3 is 14.0 Å². The van der Waals surface area contributed by atoms with Crippen molar-refractivity contribution in [1.29, 1.82) is 5.26 Å². The van der Waals surface area contributed by atoms with Gasteiger partial charge in [0.1, 0.15) is 17.4 Å². The maximum atomic E-state index is 13.0. The number of nitrogens with zero attached hydrogens (tertiary/aromatic N) is 2. The van der Waals surface area contributed by atoms with Crippen molar-refractivity contribution in [1.82, 2.24) is 4.57 Å². The van der Waals surface area contributed by atoms with E-state index in [1.807, 2.05) is 31.5 Å². The first-order chi connectivity index (χ1) is 16.1. The molecule has 0 bridgehead atoms. The fraction of sp³-hybridized carbons (Fsp3) is 0.360. The fourth-order valence-electron chi connectivity index (χ4n) is 4.15. The predicted molar refractivity (Wildman–Crippen MR) is 134 cm³/mol. The molecule has 0 saturated carbocycles. The Kier molecular flexibility index (Phi) is 8.05. The van der Waals surface area contributed by atoms with Crippen LogP contribution < -0.4 is 9.72 Å². The Morgan fingerprint density at radius 2 is 1.97 bits per heavy atom. The lowest BCUT2D eigenvalue weighted by Crippen LogP contribution is -2.18. The Hall–Kier alpha value is -2.83. The molecule has 0 unspecified atom stereocenters. The van der Waals surface area contributed by atoms with Gasteiger partial charge in [-0.25, -0.2) is 9.78 Å². The van der Waals surface area contributed by atoms with E-state index in [0.717, 1.165) is 39.5 Å². The standard InChI is InChI=1S/C25H26BrN3O4S/c1-7-16-13(3)18(11-27)24(28-14(16)4)34-12-21-23(25(31)32-8-2)17-9-22(33-15(5)30)19(26)10-20(17)29(21)6/h9-10H,7-8,12H2,1-6H3/p+1. The van der Waals surface area contributed by atoms with Crippen LogP contribution in [-0.4, -0.2) is 23.1 Å². The van der Waals surface area contributed by atoms with Crippen LogP contribution in [0.2, 0.25) is 0 Å². The van der Waals surface area contributed by atoms with E-state index in [1.54, 1.807) is 13.0 Å². The van der Waals surface area contributed by atoms with Gasteiger partial charge in [-0.1, -0.05) is 6.92 Å². The summed E-state index contributed by atoms with van der Waals surface area (Å²) in [5, 5.41) is 11.2. The molecule has 0 aliphatic heterocycles. The highest BCUT2D eigenvalue weighted by Gasteiger charge is 2.26. The van der Waals surface area contributed by atoms with Crippen molar-refractivity contribution in [3.8, 4) is 11.8 Å². The van der Waals surface area contributed by atoms with E-state index in [2.05, 4.69) is 33.9 Å². The summed E-state index contributed by atoms with van der Waals surface area (Å²) >= 11 is 4.92. The number of aromatic nitrogens is 2. The zero-order valence-corrected chi connectivity index (χ0v) is 22.5. The van der Waals surface area contributed by atoms with Crippen LogP contribution in [0, 0.1) is 25.2 Å². The van der Waals surface area contributed by atoms with Crippen molar-refractivity contribution >= 4 is 50.5 Å². The highest BCUT2D eigenvalue weighted by Crippen LogP contribution is 2.37. The van der Waals surface area contributed by atoms with Gasteiger partial charge >= 0.3 is 11.9 Å². The summed E-state index contributed by atoms with van der Waals surface area (Å²) in [6.45, 7) is 9.36. The van der Waals surface area contributed by atoms with Crippen LogP contribution in [0.15, 0.2) is 21.6 Å². The summed E-state index contributed by atoms with van der Waals surface area (Å²) < 4.78 is 13.2. The molecule has 7 nitrogen and oxygen atoms in total. The van der Waals surface area contributed by atoms with Crippen LogP contribution in [0.5, 0.6) is 5.75 Å². The minimum absolute atomic E-state index is 0.234. The van der Waals surface area contributed by atoms with Crippen molar-refractivity contribution in [3.63, 3.8) is 0 Å². The van der Waals surface area contributed by atoms with Crippen LogP contribution >= 0.6 is 27.7 Å². The molecule has 0 atom stereocenters. The summed E-state index contributed by atoms with van der Waals surface area (Å²) in [4.78, 5) is 27.9. The fourth-order valence-corrected chi connectivity index (χ4v) is 5.75. The van der Waals surface area contributed by atoms with Crippen LogP contribution in [0.4, 0.5) is 0 Å². The number of H-pyrrole nitrogens is 1. The molecule has 0 saturated heterocycles. The average molecular weight is 545 g/mol. The largest absolute Gasteiger partial charge is 0.462 e. The summed E-state index contributed by atoms with van der Waals surface area (Å²) in [6.07, 6.45) is 0.837. The Morgan fingerprint density at radius 3 is 2.56 bits per heavy atom. The summed E-state index contributed by atoms with van der Waals surface area (Å²) in [6, 6.07) is 5.83. The number of carbonyl (C=O) groups excluding carboxylic acids is 2. The van der Waals surface area contributed by atoms with Crippen molar-refractivity contribution in [3.05, 3.63) is 50.2 Å². The number of hydrogen-bond donors (Lipinski definition) is 0. The number of fused-ring (bicyclic) bond motifs is 1. The lowest BCUT2D eigenvalue weighted by atomic mass is 10.0. The van der Waals surface area contributed by atoms with Crippen LogP contribution in [0.25, 0.3) is 10.9 Å². The second kappa shape index (κ2) is 10.6. The zero-order valence-electron chi connectivity index (χ0n) is 20.1. The van der Waals surface area contributed by atoms with Gasteiger partial charge in [-0.05, 0) is 65.7 Å². The average Bonchev–Trinajstić information content (AvgIpc) is 3.03. The molecule has 0 spiro atoms. The third-order valence-electron chi connectivity index (χ3n) is 5.73. The first-order valence-corrected chi connectivity index (χ1v) is 12.7. The third kappa shape index (κ3) is 4.84. The molecule has 1 N–H and O–H groups in total. The molecule has 34 heavy (non-hydrogen) atoms. The Morgan fingerprint density at radius 1 is 1.26 bits per heavy atom. The van der Waals surface area contributed by atoms with Crippen LogP contribution in [0.3, 0.4) is 0 Å². The van der Waals surface area contributed by atoms with E-state index in [-0.39, 0.29) is 6.61 Å². The number of esters is 2. The number of aromatic amines is 1. The lowest BCUT2D eigenvalue weighted by molar-refractivity contribution is -0.436. The van der Waals surface area contributed by atoms with E-state index in [9.17, 15) is 14.9 Å². The van der Waals surface area contributed by atoms with Crippen molar-refractivity contribution in [2.75, 3.05) is 6.61 Å². The van der Waals surface area contributed by atoms with Crippen molar-refractivity contribution in [2.45, 2.75) is 51.8 Å². The number of thioether (sulfide) groups is 1. The van der Waals surface area contributed by atoms with E-state index in [0.29, 0.717) is 32.5 Å². The van der Waals surface area contributed by atoms with Crippen molar-refractivity contribution < 1.29 is 24.0 Å². The molecule has 2 aromatic heterocycles. The molecule has 2 heterocycles. The summed E-state index contributed by atoms with van der Waals surface area (Å²) in [7, 11) is 1.88. The molecule has 3 aromatic rings. The molecule has 0 aliphatic rings. The number of benzene rings is 1. The lowest BCUT2D eigenvalue weighted by Gasteiger charge is -2.09. The maximum absolute atomic E-state index is 13.0.